The highest BCUT2D eigenvalue weighted by Crippen LogP contribution is 2.47. The molecule has 0 amide bonds. The number of rotatable bonds is 10. The molecule has 23 rings (SSSR count). The minimum absolute atomic E-state index is 0.548. The van der Waals surface area contributed by atoms with Crippen LogP contribution in [0, 0.1) is 0 Å². The molecule has 0 aliphatic heterocycles. The van der Waals surface area contributed by atoms with Crippen molar-refractivity contribution in [3.63, 3.8) is 0 Å². The van der Waals surface area contributed by atoms with Crippen molar-refractivity contribution in [1.29, 1.82) is 0 Å². The van der Waals surface area contributed by atoms with Crippen molar-refractivity contribution < 1.29 is 0 Å². The van der Waals surface area contributed by atoms with E-state index in [0.717, 1.165) is 150 Å². The van der Waals surface area contributed by atoms with Crippen LogP contribution in [-0.4, -0.2) is 47.3 Å². The Kier molecular flexibility index (Phi) is 12.9. The van der Waals surface area contributed by atoms with Gasteiger partial charge in [0, 0.05) is 121 Å². The second-order valence-corrected chi connectivity index (χ2v) is 28.1. The van der Waals surface area contributed by atoms with Crippen LogP contribution in [0.15, 0.2) is 364 Å². The monoisotopic (exact) mass is 1380 g/mol. The van der Waals surface area contributed by atoms with Crippen LogP contribution in [-0.2, 0) is 0 Å². The molecule has 0 bridgehead atoms. The Balaban J connectivity index is 0.814. The first-order valence-corrected chi connectivity index (χ1v) is 36.7. The predicted octanol–water partition coefficient (Wildman–Crippen LogP) is 24.5. The molecule has 502 valence electrons. The third-order valence-corrected chi connectivity index (χ3v) is 22.3. The second kappa shape index (κ2) is 23.4. The fourth-order valence-corrected chi connectivity index (χ4v) is 17.7. The lowest BCUT2D eigenvalue weighted by molar-refractivity contribution is 1.07. The van der Waals surface area contributed by atoms with Crippen molar-refractivity contribution in [1.82, 2.24) is 47.3 Å². The number of benzene rings is 15. The van der Waals surface area contributed by atoms with Gasteiger partial charge in [-0.25, -0.2) is 15.0 Å². The van der Waals surface area contributed by atoms with E-state index >= 15 is 0 Å². The zero-order chi connectivity index (χ0) is 70.7. The Bertz CT molecular complexity index is 7080. The normalized spacial score (nSPS) is 12.1. The Morgan fingerprint density at radius 3 is 0.759 bits per heavy atom. The molecule has 0 saturated carbocycles. The van der Waals surface area contributed by atoms with Crippen molar-refractivity contribution in [2.75, 3.05) is 0 Å². The first-order valence-electron chi connectivity index (χ1n) is 36.7. The molecule has 0 radical (unpaired) electrons. The minimum atomic E-state index is 0.548. The smallest absolute Gasteiger partial charge is 0.164 e. The molecule has 0 aliphatic rings. The van der Waals surface area contributed by atoms with E-state index in [1.807, 2.05) is 42.6 Å². The summed E-state index contributed by atoms with van der Waals surface area (Å²) in [6.07, 6.45) is 3.99. The summed E-state index contributed by atoms with van der Waals surface area (Å²) in [6, 6.07) is 128. The second-order valence-electron chi connectivity index (χ2n) is 28.1. The molecule has 10 heteroatoms. The third kappa shape index (κ3) is 8.89. The van der Waals surface area contributed by atoms with Crippen molar-refractivity contribution in [3.8, 4) is 79.4 Å². The molecule has 8 heterocycles. The van der Waals surface area contributed by atoms with Crippen LogP contribution in [0.4, 0.5) is 0 Å². The van der Waals surface area contributed by atoms with E-state index in [1.165, 1.54) is 43.1 Å². The zero-order valence-electron chi connectivity index (χ0n) is 58.1. The van der Waals surface area contributed by atoms with Crippen molar-refractivity contribution in [2.24, 2.45) is 0 Å². The number of nitrogens with zero attached hydrogens (tertiary/aromatic N) is 10. The van der Waals surface area contributed by atoms with Gasteiger partial charge in [0.1, 0.15) is 0 Å². The SMILES string of the molecule is c1ccc(-c2nc(-c3ccccc3)nc(-c3ccc(-n4c5ccc(-n6c7ccccc7c7ccccc76)cc5c5cc(-n6c7ccccc7c7ccccc76)ccc54)c(-c4ccncc4-n4c5ccc(-n6c7ccccc7c7ccccc76)cc5c5cc(-n6c7ccccc7c7ccccc76)ccc54)c3)n2)cc1. The van der Waals surface area contributed by atoms with Gasteiger partial charge in [0.05, 0.1) is 83.8 Å². The lowest BCUT2D eigenvalue weighted by atomic mass is 9.99. The van der Waals surface area contributed by atoms with E-state index in [4.69, 9.17) is 19.9 Å². The molecule has 10 nitrogen and oxygen atoms in total. The average molecular weight is 1380 g/mol. The van der Waals surface area contributed by atoms with Crippen LogP contribution in [0.3, 0.4) is 0 Å². The number of aromatic nitrogens is 10. The van der Waals surface area contributed by atoms with Gasteiger partial charge in [0.15, 0.2) is 17.5 Å². The highest BCUT2D eigenvalue weighted by Gasteiger charge is 2.27. The number of fused-ring (bicyclic) bond motifs is 18. The molecule has 0 fully saturated rings. The quantitative estimate of drug-likeness (QED) is 0.137. The van der Waals surface area contributed by atoms with Crippen LogP contribution < -0.4 is 0 Å². The maximum atomic E-state index is 5.41. The highest BCUT2D eigenvalue weighted by molar-refractivity contribution is 6.17. The number of hydrogen-bond acceptors (Lipinski definition) is 4. The van der Waals surface area contributed by atoms with E-state index in [2.05, 4.69) is 349 Å². The largest absolute Gasteiger partial charge is 0.309 e. The summed E-state index contributed by atoms with van der Waals surface area (Å²) in [5.74, 6) is 1.72. The van der Waals surface area contributed by atoms with Crippen LogP contribution in [0.2, 0.25) is 0 Å². The van der Waals surface area contributed by atoms with Gasteiger partial charge in [-0.3, -0.25) is 4.98 Å². The highest BCUT2D eigenvalue weighted by atomic mass is 15.1. The van der Waals surface area contributed by atoms with E-state index in [-0.39, 0.29) is 0 Å². The zero-order valence-corrected chi connectivity index (χ0v) is 58.1. The number of para-hydroxylation sites is 8. The number of hydrogen-bond donors (Lipinski definition) is 0. The van der Waals surface area contributed by atoms with Gasteiger partial charge in [-0.2, -0.15) is 0 Å². The summed E-state index contributed by atoms with van der Waals surface area (Å²) in [6.45, 7) is 0. The lowest BCUT2D eigenvalue weighted by Gasteiger charge is -2.19. The summed E-state index contributed by atoms with van der Waals surface area (Å²) in [5.41, 5.74) is 24.0. The maximum absolute atomic E-state index is 5.41. The fourth-order valence-electron chi connectivity index (χ4n) is 17.7. The van der Waals surface area contributed by atoms with Gasteiger partial charge in [-0.15, -0.1) is 0 Å². The molecule has 0 saturated heterocycles. The van der Waals surface area contributed by atoms with E-state index in [0.29, 0.717) is 17.5 Å². The lowest BCUT2D eigenvalue weighted by Crippen LogP contribution is -2.04. The summed E-state index contributed by atoms with van der Waals surface area (Å²) in [7, 11) is 0. The van der Waals surface area contributed by atoms with Crippen LogP contribution in [0.1, 0.15) is 0 Å². The first kappa shape index (κ1) is 59.8. The molecule has 108 heavy (non-hydrogen) atoms. The van der Waals surface area contributed by atoms with Gasteiger partial charge in [0.2, 0.25) is 0 Å². The number of pyridine rings is 1. The standard InChI is InChI=1S/C98H60N10/c1-3-23-61(24-4-1)96-100-97(62-25-5-2-6-26-62)102-98(101-96)63-43-48-90(107-91-49-44-64(103-82-35-15-7-27-68(82)69-28-8-16-36-83(69)103)56-78(91)79-57-65(45-50-92(79)107)104-84-37-17-9-29-70(84)71-30-10-18-38-85(71)104)77(55-63)76-53-54-99-60-95(76)108-93-51-46-66(105-86-39-19-11-31-72(86)73-32-12-20-40-87(73)105)58-80(93)81-59-67(47-52-94(81)108)106-88-41-21-13-33-74(88)75-34-14-22-42-89(75)106/h1-60H. The fraction of sp³-hybridized carbons (Fsp3) is 0. The Hall–Kier alpha value is -14.7. The van der Waals surface area contributed by atoms with E-state index < -0.39 is 0 Å². The molecule has 0 unspecified atom stereocenters. The molecule has 15 aromatic carbocycles. The topological polar surface area (TPSA) is 81.1 Å². The van der Waals surface area contributed by atoms with Crippen molar-refractivity contribution in [2.45, 2.75) is 0 Å². The summed E-state index contributed by atoms with van der Waals surface area (Å²) < 4.78 is 14.6. The van der Waals surface area contributed by atoms with E-state index in [1.54, 1.807) is 0 Å². The predicted molar refractivity (Wildman–Crippen MR) is 445 cm³/mol. The van der Waals surface area contributed by atoms with E-state index in [9.17, 15) is 0 Å². The van der Waals surface area contributed by atoms with Gasteiger partial charge < -0.3 is 27.4 Å². The molecule has 0 N–H and O–H groups in total. The first-order chi connectivity index (χ1) is 53.6. The Labute approximate surface area is 618 Å². The van der Waals surface area contributed by atoms with Crippen molar-refractivity contribution in [3.05, 3.63) is 364 Å². The molecule has 8 aromatic heterocycles. The molecule has 23 aromatic rings. The average Bonchev–Trinajstić information content (AvgIpc) is 1.56. The van der Waals surface area contributed by atoms with Crippen molar-refractivity contribution >= 4 is 131 Å². The third-order valence-electron chi connectivity index (χ3n) is 22.3. The summed E-state index contributed by atoms with van der Waals surface area (Å²) in [5, 5.41) is 14.1. The molecular weight excluding hydrogens is 1320 g/mol. The van der Waals surface area contributed by atoms with Gasteiger partial charge in [0.25, 0.3) is 0 Å². The maximum Gasteiger partial charge on any atom is 0.164 e. The molecular formula is C98H60N10. The Morgan fingerprint density at radius 2 is 0.444 bits per heavy atom. The molecule has 0 aliphatic carbocycles. The minimum Gasteiger partial charge on any atom is -0.309 e. The van der Waals surface area contributed by atoms with Gasteiger partial charge in [-0.1, -0.05) is 206 Å². The summed E-state index contributed by atoms with van der Waals surface area (Å²) in [4.78, 5) is 21.2. The van der Waals surface area contributed by atoms with Gasteiger partial charge in [-0.05, 0) is 146 Å². The van der Waals surface area contributed by atoms with Gasteiger partial charge >= 0.3 is 0 Å². The molecule has 0 spiro atoms. The Morgan fingerprint density at radius 1 is 0.176 bits per heavy atom. The summed E-state index contributed by atoms with van der Waals surface area (Å²) >= 11 is 0. The van der Waals surface area contributed by atoms with Crippen LogP contribution in [0.5, 0.6) is 0 Å². The molecule has 0 atom stereocenters. The van der Waals surface area contributed by atoms with Crippen LogP contribution >= 0.6 is 0 Å². The van der Waals surface area contributed by atoms with Crippen LogP contribution in [0.25, 0.3) is 210 Å².